The lowest BCUT2D eigenvalue weighted by molar-refractivity contribution is 0.232. The zero-order chi connectivity index (χ0) is 9.56. The fourth-order valence-corrected chi connectivity index (χ4v) is 1.31. The van der Waals surface area contributed by atoms with Crippen LogP contribution in [0.2, 0.25) is 0 Å². The minimum absolute atomic E-state index is 0.383. The number of hydrogen-bond donors (Lipinski definition) is 2. The first kappa shape index (κ1) is 11.6. The van der Waals surface area contributed by atoms with E-state index < -0.39 is 0 Å². The number of nitrogens with one attached hydrogen (secondary N) is 1. The molecule has 3 nitrogen and oxygen atoms in total. The first-order valence-electron chi connectivity index (χ1n) is 4.39. The van der Waals surface area contributed by atoms with Gasteiger partial charge in [-0.15, -0.1) is 0 Å². The summed E-state index contributed by atoms with van der Waals surface area (Å²) >= 11 is 4.72. The highest BCUT2D eigenvalue weighted by atomic mass is 32.1. The molecule has 0 aromatic heterocycles. The SMILES string of the molecule is CCN(CC)[C@@H](C)CNC(N)=S. The molecule has 0 bridgehead atoms. The molecule has 3 N–H and O–H groups in total. The van der Waals surface area contributed by atoms with Crippen LogP contribution in [0.1, 0.15) is 20.8 Å². The van der Waals surface area contributed by atoms with Crippen molar-refractivity contribution < 1.29 is 0 Å². The lowest BCUT2D eigenvalue weighted by atomic mass is 10.3. The van der Waals surface area contributed by atoms with Gasteiger partial charge in [0.25, 0.3) is 0 Å². The summed E-state index contributed by atoms with van der Waals surface area (Å²) in [4.78, 5) is 2.35. The fraction of sp³-hybridized carbons (Fsp3) is 0.875. The quantitative estimate of drug-likeness (QED) is 0.620. The highest BCUT2D eigenvalue weighted by Gasteiger charge is 2.08. The van der Waals surface area contributed by atoms with E-state index in [1.54, 1.807) is 0 Å². The fourth-order valence-electron chi connectivity index (χ4n) is 1.22. The second-order valence-electron chi connectivity index (χ2n) is 2.82. The van der Waals surface area contributed by atoms with Gasteiger partial charge in [-0.3, -0.25) is 4.90 Å². The van der Waals surface area contributed by atoms with Crippen molar-refractivity contribution in [1.82, 2.24) is 10.2 Å². The van der Waals surface area contributed by atoms with Gasteiger partial charge in [-0.2, -0.15) is 0 Å². The third-order valence-electron chi connectivity index (χ3n) is 2.01. The Balaban J connectivity index is 3.68. The predicted molar refractivity (Wildman–Crippen MR) is 57.2 cm³/mol. The second kappa shape index (κ2) is 6.20. The highest BCUT2D eigenvalue weighted by molar-refractivity contribution is 7.80. The average Bonchev–Trinajstić information content (AvgIpc) is 2.03. The van der Waals surface area contributed by atoms with Crippen LogP contribution in [0, 0.1) is 0 Å². The van der Waals surface area contributed by atoms with E-state index in [0.717, 1.165) is 19.6 Å². The molecule has 0 amide bonds. The van der Waals surface area contributed by atoms with Gasteiger partial charge in [-0.1, -0.05) is 13.8 Å². The summed E-state index contributed by atoms with van der Waals surface area (Å²) in [5.41, 5.74) is 5.33. The number of rotatable bonds is 5. The molecule has 72 valence electrons. The number of likely N-dealkylation sites (N-methyl/N-ethyl adjacent to an activating group) is 1. The van der Waals surface area contributed by atoms with Crippen molar-refractivity contribution in [3.63, 3.8) is 0 Å². The van der Waals surface area contributed by atoms with E-state index >= 15 is 0 Å². The van der Waals surface area contributed by atoms with Crippen molar-refractivity contribution in [3.05, 3.63) is 0 Å². The molecule has 0 aliphatic carbocycles. The number of hydrogen-bond acceptors (Lipinski definition) is 2. The van der Waals surface area contributed by atoms with Gasteiger partial charge in [0.1, 0.15) is 0 Å². The molecule has 0 rings (SSSR count). The topological polar surface area (TPSA) is 41.3 Å². The molecule has 0 aromatic rings. The average molecular weight is 189 g/mol. The Morgan fingerprint density at radius 1 is 1.50 bits per heavy atom. The van der Waals surface area contributed by atoms with Crippen LogP contribution in [0.3, 0.4) is 0 Å². The molecule has 0 heterocycles. The molecule has 0 saturated heterocycles. The molecule has 0 aliphatic heterocycles. The van der Waals surface area contributed by atoms with E-state index in [2.05, 4.69) is 31.0 Å². The minimum Gasteiger partial charge on any atom is -0.376 e. The van der Waals surface area contributed by atoms with Gasteiger partial charge in [0, 0.05) is 12.6 Å². The highest BCUT2D eigenvalue weighted by Crippen LogP contribution is 1.95. The standard InChI is InChI=1S/C8H19N3S/c1-4-11(5-2)7(3)6-10-8(9)12/h7H,4-6H2,1-3H3,(H3,9,10,12)/t7-/m0/s1. The third kappa shape index (κ3) is 4.51. The van der Waals surface area contributed by atoms with E-state index in [9.17, 15) is 0 Å². The predicted octanol–water partition coefficient (Wildman–Crippen LogP) is 0.550. The lowest BCUT2D eigenvalue weighted by Gasteiger charge is -2.26. The van der Waals surface area contributed by atoms with E-state index in [4.69, 9.17) is 18.0 Å². The first-order valence-corrected chi connectivity index (χ1v) is 4.80. The summed E-state index contributed by atoms with van der Waals surface area (Å²) in [5.74, 6) is 0. The third-order valence-corrected chi connectivity index (χ3v) is 2.15. The monoisotopic (exact) mass is 189 g/mol. The molecule has 0 unspecified atom stereocenters. The van der Waals surface area contributed by atoms with Gasteiger partial charge in [0.2, 0.25) is 0 Å². The smallest absolute Gasteiger partial charge is 0.163 e. The van der Waals surface area contributed by atoms with Gasteiger partial charge in [-0.05, 0) is 32.2 Å². The van der Waals surface area contributed by atoms with E-state index in [1.165, 1.54) is 0 Å². The van der Waals surface area contributed by atoms with Crippen LogP contribution in [0.4, 0.5) is 0 Å². The summed E-state index contributed by atoms with van der Waals surface area (Å²) < 4.78 is 0. The van der Waals surface area contributed by atoms with Crippen LogP contribution in [0.5, 0.6) is 0 Å². The molecule has 0 aliphatic rings. The zero-order valence-corrected chi connectivity index (χ0v) is 8.95. The molecule has 12 heavy (non-hydrogen) atoms. The molecule has 0 spiro atoms. The molecule has 1 atom stereocenters. The Labute approximate surface area is 80.3 Å². The van der Waals surface area contributed by atoms with Gasteiger partial charge in [-0.25, -0.2) is 0 Å². The Morgan fingerprint density at radius 2 is 2.00 bits per heavy atom. The Kier molecular flexibility index (Phi) is 6.02. The Morgan fingerprint density at radius 3 is 2.33 bits per heavy atom. The Bertz CT molecular complexity index is 134. The molecule has 0 radical (unpaired) electrons. The first-order chi connectivity index (χ1) is 5.61. The van der Waals surface area contributed by atoms with Crippen LogP contribution in [0.25, 0.3) is 0 Å². The van der Waals surface area contributed by atoms with E-state index in [0.29, 0.717) is 11.2 Å². The second-order valence-corrected chi connectivity index (χ2v) is 3.26. The maximum atomic E-state index is 5.33. The van der Waals surface area contributed by atoms with Crippen molar-refractivity contribution in [2.75, 3.05) is 19.6 Å². The van der Waals surface area contributed by atoms with Gasteiger partial charge >= 0.3 is 0 Å². The lowest BCUT2D eigenvalue weighted by Crippen LogP contribution is -2.43. The van der Waals surface area contributed by atoms with Crippen molar-refractivity contribution in [2.45, 2.75) is 26.8 Å². The number of nitrogens with two attached hydrogens (primary N) is 1. The summed E-state index contributed by atoms with van der Waals surface area (Å²) in [7, 11) is 0. The van der Waals surface area contributed by atoms with Crippen LogP contribution in [0.15, 0.2) is 0 Å². The van der Waals surface area contributed by atoms with Crippen LogP contribution in [-0.4, -0.2) is 35.7 Å². The number of nitrogens with zero attached hydrogens (tertiary/aromatic N) is 1. The van der Waals surface area contributed by atoms with Crippen molar-refractivity contribution in [2.24, 2.45) is 5.73 Å². The van der Waals surface area contributed by atoms with Gasteiger partial charge < -0.3 is 11.1 Å². The molecule has 0 aromatic carbocycles. The largest absolute Gasteiger partial charge is 0.376 e. The number of thiocarbonyl (C=S) groups is 1. The van der Waals surface area contributed by atoms with E-state index in [-0.39, 0.29) is 0 Å². The maximum absolute atomic E-state index is 5.33. The molecular formula is C8H19N3S. The van der Waals surface area contributed by atoms with Gasteiger partial charge in [0.05, 0.1) is 0 Å². The van der Waals surface area contributed by atoms with Crippen LogP contribution < -0.4 is 11.1 Å². The molecular weight excluding hydrogens is 170 g/mol. The summed E-state index contributed by atoms with van der Waals surface area (Å²) in [6.07, 6.45) is 0. The molecule has 4 heteroatoms. The summed E-state index contributed by atoms with van der Waals surface area (Å²) in [5, 5.41) is 3.35. The van der Waals surface area contributed by atoms with Crippen molar-refractivity contribution in [1.29, 1.82) is 0 Å². The van der Waals surface area contributed by atoms with Crippen molar-refractivity contribution in [3.8, 4) is 0 Å². The normalized spacial score (nSPS) is 13.0. The molecule has 0 saturated carbocycles. The maximum Gasteiger partial charge on any atom is 0.163 e. The van der Waals surface area contributed by atoms with Gasteiger partial charge in [0.15, 0.2) is 5.11 Å². The van der Waals surface area contributed by atoms with Crippen molar-refractivity contribution >= 4 is 17.3 Å². The van der Waals surface area contributed by atoms with Crippen LogP contribution >= 0.6 is 12.2 Å². The van der Waals surface area contributed by atoms with Crippen LogP contribution in [-0.2, 0) is 0 Å². The zero-order valence-electron chi connectivity index (χ0n) is 8.13. The molecule has 0 fully saturated rings. The summed E-state index contributed by atoms with van der Waals surface area (Å²) in [6, 6.07) is 0.487. The van der Waals surface area contributed by atoms with E-state index in [1.807, 2.05) is 0 Å². The summed E-state index contributed by atoms with van der Waals surface area (Å²) in [6.45, 7) is 9.43. The minimum atomic E-state index is 0.383. The Hall–Kier alpha value is -0.350.